The quantitative estimate of drug-likeness (QED) is 0.157. The smallest absolute Gasteiger partial charge is 0.00495 e. The maximum atomic E-state index is 5.98. The highest BCUT2D eigenvalue weighted by Crippen LogP contribution is 2.58. The molecule has 2 atom stereocenters. The number of rotatable bonds is 18. The Balaban J connectivity index is 3.86. The molecule has 1 rings (SSSR count). The summed E-state index contributed by atoms with van der Waals surface area (Å²) in [5.74, 6) is 0. The normalized spacial score (nSPS) is 17.0. The Morgan fingerprint density at radius 1 is 0.543 bits per heavy atom. The highest BCUT2D eigenvalue weighted by molar-refractivity contribution is 5.42. The summed E-state index contributed by atoms with van der Waals surface area (Å²) in [7, 11) is 0. The van der Waals surface area contributed by atoms with Crippen LogP contribution in [-0.2, 0) is 16.2 Å². The first-order valence-electron chi connectivity index (χ1n) is 18.7. The average molecular weight is 639 g/mol. The number of allylic oxidation sites excluding steroid dienone is 1. The molecule has 1 aromatic carbocycles. The van der Waals surface area contributed by atoms with E-state index in [9.17, 15) is 0 Å². The van der Waals surface area contributed by atoms with E-state index in [1.54, 1.807) is 0 Å². The molecule has 268 valence electrons. The lowest BCUT2D eigenvalue weighted by Crippen LogP contribution is -2.46. The zero-order chi connectivity index (χ0) is 36.4. The molecular weight excluding hydrogens is 556 g/mol. The van der Waals surface area contributed by atoms with Gasteiger partial charge in [-0.3, -0.25) is 0 Å². The van der Waals surface area contributed by atoms with E-state index in [0.717, 1.165) is 51.6 Å². The summed E-state index contributed by atoms with van der Waals surface area (Å²) < 4.78 is 0. The minimum Gasteiger partial charge on any atom is -0.330 e. The van der Waals surface area contributed by atoms with Crippen LogP contribution in [-0.4, -0.2) is 13.1 Å². The Morgan fingerprint density at radius 2 is 0.978 bits per heavy atom. The maximum Gasteiger partial charge on any atom is -0.00495 e. The van der Waals surface area contributed by atoms with Gasteiger partial charge in [0.2, 0.25) is 0 Å². The van der Waals surface area contributed by atoms with Crippen LogP contribution in [0.3, 0.4) is 0 Å². The number of hydrogen-bond acceptors (Lipinski definition) is 2. The Bertz CT molecular complexity index is 1140. The third-order valence-electron chi connectivity index (χ3n) is 14.7. The van der Waals surface area contributed by atoms with Gasteiger partial charge in [-0.2, -0.15) is 0 Å². The molecular formula is C44H82N2. The fraction of sp³-hybridized carbons (Fsp3) is 0.818. The minimum atomic E-state index is -0.0571. The molecule has 0 heterocycles. The number of benzene rings is 1. The van der Waals surface area contributed by atoms with Crippen molar-refractivity contribution < 1.29 is 0 Å². The largest absolute Gasteiger partial charge is 0.330 e. The van der Waals surface area contributed by atoms with E-state index in [1.165, 1.54) is 23.1 Å². The summed E-state index contributed by atoms with van der Waals surface area (Å²) in [4.78, 5) is 0. The molecule has 0 aromatic heterocycles. The molecule has 2 heteroatoms. The van der Waals surface area contributed by atoms with Crippen LogP contribution in [0.15, 0.2) is 30.9 Å². The number of hydrogen-bond donors (Lipinski definition) is 2. The van der Waals surface area contributed by atoms with Gasteiger partial charge >= 0.3 is 0 Å². The van der Waals surface area contributed by atoms with E-state index in [0.29, 0.717) is 0 Å². The molecule has 4 N–H and O–H groups in total. The van der Waals surface area contributed by atoms with Gasteiger partial charge in [-0.15, -0.1) is 6.58 Å². The van der Waals surface area contributed by atoms with Gasteiger partial charge in [-0.05, 0) is 123 Å². The molecule has 0 aliphatic heterocycles. The zero-order valence-corrected chi connectivity index (χ0v) is 34.5. The van der Waals surface area contributed by atoms with Gasteiger partial charge in [0.05, 0.1) is 0 Å². The Labute approximate surface area is 289 Å². The van der Waals surface area contributed by atoms with Crippen molar-refractivity contribution in [1.29, 1.82) is 0 Å². The first-order chi connectivity index (χ1) is 20.5. The molecule has 0 amide bonds. The van der Waals surface area contributed by atoms with Crippen LogP contribution >= 0.6 is 0 Å². The summed E-state index contributed by atoms with van der Waals surface area (Å²) in [6.45, 7) is 50.2. The summed E-state index contributed by atoms with van der Waals surface area (Å²) in [6.07, 6.45) is 9.95. The van der Waals surface area contributed by atoms with Crippen molar-refractivity contribution in [2.45, 2.75) is 186 Å². The van der Waals surface area contributed by atoms with Crippen molar-refractivity contribution in [3.8, 4) is 0 Å². The monoisotopic (exact) mass is 639 g/mol. The van der Waals surface area contributed by atoms with Crippen molar-refractivity contribution in [2.24, 2.45) is 44.0 Å². The third kappa shape index (κ3) is 8.72. The molecule has 0 aliphatic carbocycles. The van der Waals surface area contributed by atoms with Gasteiger partial charge < -0.3 is 11.5 Å². The van der Waals surface area contributed by atoms with Crippen molar-refractivity contribution in [1.82, 2.24) is 0 Å². The predicted octanol–water partition coefficient (Wildman–Crippen LogP) is 12.5. The van der Waals surface area contributed by atoms with Crippen LogP contribution in [0.2, 0.25) is 0 Å². The number of nitrogens with two attached hydrogens (primary N) is 2. The molecule has 1 aromatic rings. The minimum absolute atomic E-state index is 0.0216. The van der Waals surface area contributed by atoms with E-state index in [1.807, 2.05) is 0 Å². The van der Waals surface area contributed by atoms with Crippen LogP contribution in [0.5, 0.6) is 0 Å². The predicted molar refractivity (Wildman–Crippen MR) is 209 cm³/mol. The second kappa shape index (κ2) is 14.4. The molecule has 0 radical (unpaired) electrons. The standard InChI is InChI=1S/C44H82N2/c1-20-43(18,25-23-27-46)40(12,13)31-39(10,11)41(14,15)34-28-33(36(3,4)5)29-35(30-34)42(16,17)44(19,21-2)32-38(8,9)37(6,7)24-22-26-45/h20,28-30H,1,21-27,31-32,45-46H2,2-19H3. The lowest BCUT2D eigenvalue weighted by atomic mass is 9.51. The van der Waals surface area contributed by atoms with Gasteiger partial charge in [0, 0.05) is 0 Å². The van der Waals surface area contributed by atoms with Crippen LogP contribution in [0, 0.1) is 32.5 Å². The van der Waals surface area contributed by atoms with E-state index < -0.39 is 0 Å². The van der Waals surface area contributed by atoms with Gasteiger partial charge in [-0.1, -0.05) is 149 Å². The molecule has 2 unspecified atom stereocenters. The third-order valence-corrected chi connectivity index (χ3v) is 14.7. The second-order valence-electron chi connectivity index (χ2n) is 20.5. The van der Waals surface area contributed by atoms with Crippen LogP contribution in [0.25, 0.3) is 0 Å². The highest BCUT2D eigenvalue weighted by Gasteiger charge is 2.50. The molecule has 0 spiro atoms. The van der Waals surface area contributed by atoms with E-state index in [2.05, 4.69) is 155 Å². The lowest BCUT2D eigenvalue weighted by molar-refractivity contribution is 0.00491. The topological polar surface area (TPSA) is 52.0 Å². The maximum absolute atomic E-state index is 5.98. The van der Waals surface area contributed by atoms with Gasteiger partial charge in [-0.25, -0.2) is 0 Å². The van der Waals surface area contributed by atoms with E-state index in [4.69, 9.17) is 11.5 Å². The van der Waals surface area contributed by atoms with Crippen molar-refractivity contribution in [3.63, 3.8) is 0 Å². The molecule has 0 saturated carbocycles. The van der Waals surface area contributed by atoms with E-state index in [-0.39, 0.29) is 48.7 Å². The fourth-order valence-electron chi connectivity index (χ4n) is 8.12. The molecule has 0 fully saturated rings. The molecule has 2 nitrogen and oxygen atoms in total. The Hall–Kier alpha value is -1.12. The van der Waals surface area contributed by atoms with Crippen LogP contribution < -0.4 is 11.5 Å². The van der Waals surface area contributed by atoms with E-state index >= 15 is 0 Å². The Kier molecular flexibility index (Phi) is 13.4. The summed E-state index contributed by atoms with van der Waals surface area (Å²) in [5, 5.41) is 0. The van der Waals surface area contributed by atoms with Crippen molar-refractivity contribution in [2.75, 3.05) is 13.1 Å². The van der Waals surface area contributed by atoms with Crippen molar-refractivity contribution in [3.05, 3.63) is 47.5 Å². The first kappa shape index (κ1) is 42.9. The first-order valence-corrected chi connectivity index (χ1v) is 18.7. The van der Waals surface area contributed by atoms with Crippen LogP contribution in [0.4, 0.5) is 0 Å². The van der Waals surface area contributed by atoms with Crippen LogP contribution in [0.1, 0.15) is 186 Å². The molecule has 0 aliphatic rings. The fourth-order valence-corrected chi connectivity index (χ4v) is 8.12. The van der Waals surface area contributed by atoms with Gasteiger partial charge in [0.25, 0.3) is 0 Å². The van der Waals surface area contributed by atoms with Crippen molar-refractivity contribution >= 4 is 0 Å². The average Bonchev–Trinajstić information content (AvgIpc) is 2.92. The molecule has 0 bridgehead atoms. The molecule has 0 saturated heterocycles. The summed E-state index contributed by atoms with van der Waals surface area (Å²) in [5.41, 5.74) is 16.9. The van der Waals surface area contributed by atoms with Gasteiger partial charge in [0.15, 0.2) is 0 Å². The zero-order valence-electron chi connectivity index (χ0n) is 34.5. The SMILES string of the molecule is C=CC(C)(CCCN)C(C)(C)CC(C)(C)C(C)(C)c1cc(C(C)(C)C)cc(C(C)(C)C(C)(CC)CC(C)(C)C(C)(C)CCCN)c1. The highest BCUT2D eigenvalue weighted by atomic mass is 14.6. The Morgan fingerprint density at radius 3 is 1.39 bits per heavy atom. The second-order valence-corrected chi connectivity index (χ2v) is 20.5. The molecule has 46 heavy (non-hydrogen) atoms. The lowest BCUT2D eigenvalue weighted by Gasteiger charge is -2.54. The van der Waals surface area contributed by atoms with Gasteiger partial charge in [0.1, 0.15) is 0 Å². The summed E-state index contributed by atoms with van der Waals surface area (Å²) >= 11 is 0. The summed E-state index contributed by atoms with van der Waals surface area (Å²) in [6, 6.07) is 7.70.